The second kappa shape index (κ2) is 6.08. The van der Waals surface area contributed by atoms with Crippen molar-refractivity contribution < 1.29 is 4.79 Å². The van der Waals surface area contributed by atoms with E-state index in [2.05, 4.69) is 4.90 Å². The van der Waals surface area contributed by atoms with Crippen molar-refractivity contribution in [2.75, 3.05) is 31.1 Å². The van der Waals surface area contributed by atoms with Gasteiger partial charge in [-0.25, -0.2) is 0 Å². The van der Waals surface area contributed by atoms with Gasteiger partial charge < -0.3 is 9.80 Å². The first-order valence-corrected chi connectivity index (χ1v) is 8.25. The number of nitrogens with zero attached hydrogens (tertiary/aromatic N) is 2. The molecule has 0 atom stereocenters. The molecule has 0 aliphatic carbocycles. The lowest BCUT2D eigenvalue weighted by Crippen LogP contribution is -2.48. The molecule has 0 unspecified atom stereocenters. The van der Waals surface area contributed by atoms with E-state index in [-0.39, 0.29) is 5.91 Å². The lowest BCUT2D eigenvalue weighted by Gasteiger charge is -2.36. The van der Waals surface area contributed by atoms with Gasteiger partial charge in [0, 0.05) is 36.9 Å². The van der Waals surface area contributed by atoms with Crippen LogP contribution in [0.25, 0.3) is 0 Å². The summed E-state index contributed by atoms with van der Waals surface area (Å²) < 4.78 is 0. The first-order valence-electron chi connectivity index (χ1n) is 6.99. The minimum atomic E-state index is 0.165. The van der Waals surface area contributed by atoms with Crippen LogP contribution in [0.15, 0.2) is 35.7 Å². The van der Waals surface area contributed by atoms with Crippen molar-refractivity contribution in [1.29, 1.82) is 0 Å². The molecule has 1 aromatic heterocycles. The fourth-order valence-corrected chi connectivity index (χ4v) is 3.57. The van der Waals surface area contributed by atoms with Gasteiger partial charge in [0.2, 0.25) is 0 Å². The van der Waals surface area contributed by atoms with Crippen LogP contribution in [-0.4, -0.2) is 37.0 Å². The first-order chi connectivity index (χ1) is 10.1. The fourth-order valence-electron chi connectivity index (χ4n) is 2.56. The molecule has 0 bridgehead atoms. The summed E-state index contributed by atoms with van der Waals surface area (Å²) in [5, 5.41) is 2.73. The van der Waals surface area contributed by atoms with E-state index in [0.717, 1.165) is 41.6 Å². The van der Waals surface area contributed by atoms with Crippen LogP contribution in [-0.2, 0) is 0 Å². The maximum absolute atomic E-state index is 12.5. The van der Waals surface area contributed by atoms with Crippen LogP contribution in [0, 0.1) is 6.92 Å². The largest absolute Gasteiger partial charge is 0.368 e. The van der Waals surface area contributed by atoms with E-state index >= 15 is 0 Å². The van der Waals surface area contributed by atoms with Crippen molar-refractivity contribution in [3.63, 3.8) is 0 Å². The molecule has 0 N–H and O–H groups in total. The summed E-state index contributed by atoms with van der Waals surface area (Å²) in [6, 6.07) is 9.88. The Morgan fingerprint density at radius 1 is 1.10 bits per heavy atom. The average Bonchev–Trinajstić information content (AvgIpc) is 2.94. The van der Waals surface area contributed by atoms with Crippen LogP contribution in [0.2, 0.25) is 5.02 Å². The van der Waals surface area contributed by atoms with Crippen molar-refractivity contribution in [3.05, 3.63) is 51.2 Å². The third-order valence-electron chi connectivity index (χ3n) is 3.81. The van der Waals surface area contributed by atoms with Crippen molar-refractivity contribution in [2.24, 2.45) is 0 Å². The summed E-state index contributed by atoms with van der Waals surface area (Å²) in [7, 11) is 0. The Morgan fingerprint density at radius 2 is 1.76 bits per heavy atom. The summed E-state index contributed by atoms with van der Waals surface area (Å²) in [5.41, 5.74) is 2.24. The Labute approximate surface area is 133 Å². The van der Waals surface area contributed by atoms with Crippen molar-refractivity contribution in [1.82, 2.24) is 4.90 Å². The maximum atomic E-state index is 12.5. The molecule has 0 spiro atoms. The lowest BCUT2D eigenvalue weighted by atomic mass is 10.2. The number of anilines is 1. The van der Waals surface area contributed by atoms with Crippen LogP contribution in [0.3, 0.4) is 0 Å². The summed E-state index contributed by atoms with van der Waals surface area (Å²) >= 11 is 7.45. The normalized spacial score (nSPS) is 15.3. The SMILES string of the molecule is Cc1ccsc1C(=O)N1CCN(c2ccc(Cl)cc2)CC1. The molecule has 1 amide bonds. The number of benzene rings is 1. The van der Waals surface area contributed by atoms with Crippen LogP contribution in [0.4, 0.5) is 5.69 Å². The van der Waals surface area contributed by atoms with Gasteiger partial charge in [-0.3, -0.25) is 4.79 Å². The third kappa shape index (κ3) is 3.06. The monoisotopic (exact) mass is 320 g/mol. The van der Waals surface area contributed by atoms with Gasteiger partial charge in [-0.15, -0.1) is 11.3 Å². The number of hydrogen-bond acceptors (Lipinski definition) is 3. The molecule has 110 valence electrons. The molecule has 3 nitrogen and oxygen atoms in total. The van der Waals surface area contributed by atoms with Gasteiger partial charge in [0.05, 0.1) is 4.88 Å². The highest BCUT2D eigenvalue weighted by molar-refractivity contribution is 7.12. The van der Waals surface area contributed by atoms with Gasteiger partial charge in [-0.05, 0) is 48.2 Å². The predicted molar refractivity (Wildman–Crippen MR) is 88.6 cm³/mol. The molecule has 1 fully saturated rings. The standard InChI is InChI=1S/C16H17ClN2OS/c1-12-6-11-21-15(12)16(20)19-9-7-18(8-10-19)14-4-2-13(17)3-5-14/h2-6,11H,7-10H2,1H3. The Morgan fingerprint density at radius 3 is 2.33 bits per heavy atom. The topological polar surface area (TPSA) is 23.6 Å². The second-order valence-electron chi connectivity index (χ2n) is 5.19. The minimum Gasteiger partial charge on any atom is -0.368 e. The molecule has 0 saturated carbocycles. The molecule has 1 aliphatic heterocycles. The van der Waals surface area contributed by atoms with E-state index in [1.54, 1.807) is 0 Å². The van der Waals surface area contributed by atoms with Crippen LogP contribution < -0.4 is 4.90 Å². The highest BCUT2D eigenvalue weighted by Gasteiger charge is 2.23. The number of hydrogen-bond donors (Lipinski definition) is 0. The number of carbonyl (C=O) groups excluding carboxylic acids is 1. The van der Waals surface area contributed by atoms with Crippen molar-refractivity contribution in [3.8, 4) is 0 Å². The van der Waals surface area contributed by atoms with Crippen LogP contribution in [0.1, 0.15) is 15.2 Å². The zero-order valence-corrected chi connectivity index (χ0v) is 13.5. The van der Waals surface area contributed by atoms with Gasteiger partial charge >= 0.3 is 0 Å². The number of thiophene rings is 1. The van der Waals surface area contributed by atoms with Gasteiger partial charge in [-0.2, -0.15) is 0 Å². The molecule has 1 aromatic carbocycles. The quantitative estimate of drug-likeness (QED) is 0.843. The number of rotatable bonds is 2. The molecule has 2 heterocycles. The number of piperazine rings is 1. The van der Waals surface area contributed by atoms with Gasteiger partial charge in [0.25, 0.3) is 5.91 Å². The smallest absolute Gasteiger partial charge is 0.264 e. The molecule has 1 aliphatic rings. The molecular formula is C16H17ClN2OS. The highest BCUT2D eigenvalue weighted by atomic mass is 35.5. The van der Waals surface area contributed by atoms with Gasteiger partial charge in [0.15, 0.2) is 0 Å². The van der Waals surface area contributed by atoms with Gasteiger partial charge in [0.1, 0.15) is 0 Å². The number of halogens is 1. The molecular weight excluding hydrogens is 304 g/mol. The van der Waals surface area contributed by atoms with E-state index in [1.807, 2.05) is 47.5 Å². The highest BCUT2D eigenvalue weighted by Crippen LogP contribution is 2.22. The number of carbonyl (C=O) groups is 1. The number of aryl methyl sites for hydroxylation is 1. The van der Waals surface area contributed by atoms with E-state index in [9.17, 15) is 4.79 Å². The molecule has 2 aromatic rings. The maximum Gasteiger partial charge on any atom is 0.264 e. The molecule has 1 saturated heterocycles. The number of amides is 1. The van der Waals surface area contributed by atoms with E-state index in [0.29, 0.717) is 0 Å². The van der Waals surface area contributed by atoms with Crippen LogP contribution >= 0.6 is 22.9 Å². The zero-order chi connectivity index (χ0) is 14.8. The second-order valence-corrected chi connectivity index (χ2v) is 6.54. The molecule has 3 rings (SSSR count). The molecule has 5 heteroatoms. The fraction of sp³-hybridized carbons (Fsp3) is 0.312. The van der Waals surface area contributed by atoms with E-state index < -0.39 is 0 Å². The zero-order valence-electron chi connectivity index (χ0n) is 11.9. The Kier molecular flexibility index (Phi) is 4.17. The van der Waals surface area contributed by atoms with Crippen molar-refractivity contribution >= 4 is 34.5 Å². The van der Waals surface area contributed by atoms with Gasteiger partial charge in [-0.1, -0.05) is 11.6 Å². The summed E-state index contributed by atoms with van der Waals surface area (Å²) in [6.07, 6.45) is 0. The minimum absolute atomic E-state index is 0.165. The third-order valence-corrected chi connectivity index (χ3v) is 5.07. The van der Waals surface area contributed by atoms with Crippen LogP contribution in [0.5, 0.6) is 0 Å². The lowest BCUT2D eigenvalue weighted by molar-refractivity contribution is 0.0751. The Balaban J connectivity index is 1.64. The summed E-state index contributed by atoms with van der Waals surface area (Å²) in [4.78, 5) is 17.6. The first kappa shape index (κ1) is 14.4. The van der Waals surface area contributed by atoms with E-state index in [4.69, 9.17) is 11.6 Å². The molecule has 21 heavy (non-hydrogen) atoms. The summed E-state index contributed by atoms with van der Waals surface area (Å²) in [5.74, 6) is 0.165. The van der Waals surface area contributed by atoms with Crippen molar-refractivity contribution in [2.45, 2.75) is 6.92 Å². The predicted octanol–water partition coefficient (Wildman–Crippen LogP) is 3.67. The average molecular weight is 321 g/mol. The Hall–Kier alpha value is -1.52. The molecule has 0 radical (unpaired) electrons. The van der Waals surface area contributed by atoms with E-state index in [1.165, 1.54) is 17.0 Å². The Bertz CT molecular complexity index is 630. The summed E-state index contributed by atoms with van der Waals surface area (Å²) in [6.45, 7) is 5.24.